The molecule has 0 radical (unpaired) electrons. The third-order valence-corrected chi connectivity index (χ3v) is 3.08. The number of rotatable bonds is 4. The number of aromatic nitrogens is 2. The van der Waals surface area contributed by atoms with Gasteiger partial charge in [-0.3, -0.25) is 4.68 Å². The van der Waals surface area contributed by atoms with Gasteiger partial charge in [-0.25, -0.2) is 0 Å². The molecular formula is C13H16ClN3O. The van der Waals surface area contributed by atoms with Gasteiger partial charge >= 0.3 is 0 Å². The SMILES string of the molecule is CNC(c1cnn(C)c1)c1cc(Cl)ccc1OC. The average Bonchev–Trinajstić information content (AvgIpc) is 2.77. The second-order valence-electron chi connectivity index (χ2n) is 4.06. The summed E-state index contributed by atoms with van der Waals surface area (Å²) in [5.41, 5.74) is 2.07. The van der Waals surface area contributed by atoms with Crippen LogP contribution >= 0.6 is 11.6 Å². The number of benzene rings is 1. The fraction of sp³-hybridized carbons (Fsp3) is 0.308. The molecule has 0 bridgehead atoms. The summed E-state index contributed by atoms with van der Waals surface area (Å²) in [6.45, 7) is 0. The quantitative estimate of drug-likeness (QED) is 0.923. The van der Waals surface area contributed by atoms with Gasteiger partial charge in [-0.15, -0.1) is 0 Å². The van der Waals surface area contributed by atoms with E-state index in [0.717, 1.165) is 16.9 Å². The van der Waals surface area contributed by atoms with Crippen molar-refractivity contribution >= 4 is 11.6 Å². The van der Waals surface area contributed by atoms with Gasteiger partial charge in [0.25, 0.3) is 0 Å². The highest BCUT2D eigenvalue weighted by Crippen LogP contribution is 2.31. The molecule has 18 heavy (non-hydrogen) atoms. The molecule has 1 aromatic heterocycles. The van der Waals surface area contributed by atoms with Crippen LogP contribution in [0.5, 0.6) is 5.75 Å². The lowest BCUT2D eigenvalue weighted by Crippen LogP contribution is -2.18. The summed E-state index contributed by atoms with van der Waals surface area (Å²) in [6, 6.07) is 5.61. The highest BCUT2D eigenvalue weighted by atomic mass is 35.5. The Morgan fingerprint density at radius 1 is 1.44 bits per heavy atom. The highest BCUT2D eigenvalue weighted by molar-refractivity contribution is 6.30. The van der Waals surface area contributed by atoms with Crippen molar-refractivity contribution in [3.63, 3.8) is 0 Å². The van der Waals surface area contributed by atoms with Crippen molar-refractivity contribution in [1.29, 1.82) is 0 Å². The van der Waals surface area contributed by atoms with E-state index in [2.05, 4.69) is 10.4 Å². The zero-order valence-corrected chi connectivity index (χ0v) is 11.4. The maximum atomic E-state index is 6.06. The Labute approximate surface area is 112 Å². The van der Waals surface area contributed by atoms with E-state index in [1.807, 2.05) is 44.7 Å². The number of nitrogens with zero attached hydrogens (tertiary/aromatic N) is 2. The standard InChI is InChI=1S/C13H16ClN3O/c1-15-13(9-7-16-17(2)8-9)11-6-10(14)4-5-12(11)18-3/h4-8,13,15H,1-3H3. The first-order valence-electron chi connectivity index (χ1n) is 5.65. The largest absolute Gasteiger partial charge is 0.496 e. The van der Waals surface area contributed by atoms with Gasteiger partial charge in [-0.1, -0.05) is 11.6 Å². The Morgan fingerprint density at radius 2 is 2.22 bits per heavy atom. The average molecular weight is 266 g/mol. The molecule has 96 valence electrons. The Balaban J connectivity index is 2.47. The van der Waals surface area contributed by atoms with Crippen LogP contribution in [-0.2, 0) is 7.05 Å². The predicted molar refractivity (Wildman–Crippen MR) is 72.1 cm³/mol. The van der Waals surface area contributed by atoms with E-state index in [1.165, 1.54) is 0 Å². The summed E-state index contributed by atoms with van der Waals surface area (Å²) in [5.74, 6) is 0.808. The number of halogens is 1. The van der Waals surface area contributed by atoms with Gasteiger partial charge in [0.1, 0.15) is 5.75 Å². The van der Waals surface area contributed by atoms with Crippen molar-refractivity contribution in [3.8, 4) is 5.75 Å². The molecule has 1 aromatic carbocycles. The summed E-state index contributed by atoms with van der Waals surface area (Å²) in [7, 11) is 5.45. The Hall–Kier alpha value is -1.52. The van der Waals surface area contributed by atoms with E-state index in [-0.39, 0.29) is 6.04 Å². The monoisotopic (exact) mass is 265 g/mol. The Morgan fingerprint density at radius 3 is 2.78 bits per heavy atom. The first kappa shape index (κ1) is 12.9. The zero-order valence-electron chi connectivity index (χ0n) is 10.6. The highest BCUT2D eigenvalue weighted by Gasteiger charge is 2.18. The summed E-state index contributed by atoms with van der Waals surface area (Å²) in [6.07, 6.45) is 3.81. The summed E-state index contributed by atoms with van der Waals surface area (Å²) >= 11 is 6.06. The van der Waals surface area contributed by atoms with Crippen molar-refractivity contribution in [2.45, 2.75) is 6.04 Å². The molecule has 0 saturated carbocycles. The van der Waals surface area contributed by atoms with Crippen LogP contribution in [0, 0.1) is 0 Å². The first-order valence-corrected chi connectivity index (χ1v) is 6.02. The van der Waals surface area contributed by atoms with Crippen molar-refractivity contribution in [2.75, 3.05) is 14.2 Å². The Bertz CT molecular complexity index is 539. The topological polar surface area (TPSA) is 39.1 Å². The lowest BCUT2D eigenvalue weighted by atomic mass is 10.0. The Kier molecular flexibility index (Phi) is 3.89. The summed E-state index contributed by atoms with van der Waals surface area (Å²) < 4.78 is 7.16. The smallest absolute Gasteiger partial charge is 0.124 e. The van der Waals surface area contributed by atoms with Crippen molar-refractivity contribution < 1.29 is 4.74 Å². The third-order valence-electron chi connectivity index (χ3n) is 2.85. The molecule has 4 nitrogen and oxygen atoms in total. The van der Waals surface area contributed by atoms with Crippen molar-refractivity contribution in [1.82, 2.24) is 15.1 Å². The fourth-order valence-corrected chi connectivity index (χ4v) is 2.20. The van der Waals surface area contributed by atoms with Crippen molar-refractivity contribution in [3.05, 3.63) is 46.7 Å². The van der Waals surface area contributed by atoms with E-state index < -0.39 is 0 Å². The molecular weight excluding hydrogens is 250 g/mol. The van der Waals surface area contributed by atoms with Crippen LogP contribution in [0.15, 0.2) is 30.6 Å². The van der Waals surface area contributed by atoms with Crippen LogP contribution in [0.25, 0.3) is 0 Å². The first-order chi connectivity index (χ1) is 8.65. The van der Waals surface area contributed by atoms with E-state index in [4.69, 9.17) is 16.3 Å². The van der Waals surface area contributed by atoms with E-state index in [9.17, 15) is 0 Å². The molecule has 1 heterocycles. The zero-order chi connectivity index (χ0) is 13.1. The molecule has 5 heteroatoms. The van der Waals surface area contributed by atoms with Crippen LogP contribution in [0.3, 0.4) is 0 Å². The van der Waals surface area contributed by atoms with Gasteiger partial charge in [0.05, 0.1) is 19.3 Å². The minimum absolute atomic E-state index is 0.00681. The maximum absolute atomic E-state index is 6.06. The van der Waals surface area contributed by atoms with Crippen molar-refractivity contribution in [2.24, 2.45) is 7.05 Å². The number of aryl methyl sites for hydroxylation is 1. The molecule has 1 N–H and O–H groups in total. The van der Waals surface area contributed by atoms with Gasteiger partial charge in [0.15, 0.2) is 0 Å². The molecule has 0 spiro atoms. The molecule has 1 atom stereocenters. The number of hydrogen-bond donors (Lipinski definition) is 1. The number of hydrogen-bond acceptors (Lipinski definition) is 3. The molecule has 0 fully saturated rings. The summed E-state index contributed by atoms with van der Waals surface area (Å²) in [4.78, 5) is 0. The van der Waals surface area contributed by atoms with E-state index >= 15 is 0 Å². The maximum Gasteiger partial charge on any atom is 0.124 e. The molecule has 2 aromatic rings. The molecule has 0 saturated heterocycles. The number of ether oxygens (including phenoxy) is 1. The number of methoxy groups -OCH3 is 1. The molecule has 0 amide bonds. The molecule has 1 unspecified atom stereocenters. The van der Waals surface area contributed by atoms with Crippen LogP contribution < -0.4 is 10.1 Å². The third kappa shape index (κ3) is 2.49. The molecule has 0 aliphatic carbocycles. The second kappa shape index (κ2) is 5.42. The van der Waals surface area contributed by atoms with Gasteiger partial charge < -0.3 is 10.1 Å². The minimum Gasteiger partial charge on any atom is -0.496 e. The van der Waals surface area contributed by atoms with Crippen LogP contribution in [0.1, 0.15) is 17.2 Å². The van der Waals surface area contributed by atoms with E-state index in [1.54, 1.807) is 11.8 Å². The normalized spacial score (nSPS) is 12.4. The lowest BCUT2D eigenvalue weighted by molar-refractivity contribution is 0.405. The minimum atomic E-state index is 0.00681. The van der Waals surface area contributed by atoms with Gasteiger partial charge in [0.2, 0.25) is 0 Å². The number of nitrogens with one attached hydrogen (secondary N) is 1. The van der Waals surface area contributed by atoms with Crippen LogP contribution in [-0.4, -0.2) is 23.9 Å². The predicted octanol–water partition coefficient (Wildman–Crippen LogP) is 2.39. The van der Waals surface area contributed by atoms with Crippen LogP contribution in [0.4, 0.5) is 0 Å². The van der Waals surface area contributed by atoms with Gasteiger partial charge in [-0.2, -0.15) is 5.10 Å². The molecule has 0 aliphatic rings. The second-order valence-corrected chi connectivity index (χ2v) is 4.49. The summed E-state index contributed by atoms with van der Waals surface area (Å²) in [5, 5.41) is 8.14. The van der Waals surface area contributed by atoms with Gasteiger partial charge in [0, 0.05) is 29.4 Å². The fourth-order valence-electron chi connectivity index (χ4n) is 2.02. The molecule has 2 rings (SSSR count). The van der Waals surface area contributed by atoms with E-state index in [0.29, 0.717) is 5.02 Å². The lowest BCUT2D eigenvalue weighted by Gasteiger charge is -2.18. The van der Waals surface area contributed by atoms with Gasteiger partial charge in [-0.05, 0) is 25.2 Å². The molecule has 0 aliphatic heterocycles. The van der Waals surface area contributed by atoms with Crippen LogP contribution in [0.2, 0.25) is 5.02 Å².